The predicted octanol–water partition coefficient (Wildman–Crippen LogP) is 1.81. The summed E-state index contributed by atoms with van der Waals surface area (Å²) in [5, 5.41) is 12.8. The molecule has 0 radical (unpaired) electrons. The van der Waals surface area contributed by atoms with Crippen LogP contribution in [0.15, 0.2) is 18.2 Å². The molecular weight excluding hydrogens is 240 g/mol. The number of nitrogens with two attached hydrogens (primary N) is 1. The lowest BCUT2D eigenvalue weighted by Crippen LogP contribution is -2.32. The number of rotatable bonds is 4. The lowest BCUT2D eigenvalue weighted by atomic mass is 9.96. The van der Waals surface area contributed by atoms with E-state index < -0.39 is 0 Å². The van der Waals surface area contributed by atoms with Gasteiger partial charge in [0, 0.05) is 6.54 Å². The number of hydrogen-bond acceptors (Lipinski definition) is 3. The van der Waals surface area contributed by atoms with Crippen LogP contribution in [0.2, 0.25) is 0 Å². The molecule has 2 atom stereocenters. The first-order valence-electron chi connectivity index (χ1n) is 6.90. The van der Waals surface area contributed by atoms with E-state index in [0.29, 0.717) is 36.1 Å². The number of aromatic hydroxyl groups is 1. The van der Waals surface area contributed by atoms with E-state index in [1.54, 1.807) is 25.1 Å². The summed E-state index contributed by atoms with van der Waals surface area (Å²) in [5.74, 6) is 0.859. The Bertz CT molecular complexity index is 459. The molecule has 2 unspecified atom stereocenters. The molecule has 0 aromatic heterocycles. The molecule has 1 aliphatic carbocycles. The van der Waals surface area contributed by atoms with Gasteiger partial charge in [-0.1, -0.05) is 18.6 Å². The maximum absolute atomic E-state index is 12.1. The summed E-state index contributed by atoms with van der Waals surface area (Å²) in [6.07, 6.45) is 3.48. The number of aryl methyl sites for hydroxylation is 1. The highest BCUT2D eigenvalue weighted by Gasteiger charge is 2.26. The van der Waals surface area contributed by atoms with Gasteiger partial charge in [0.1, 0.15) is 5.75 Å². The Labute approximate surface area is 114 Å². The van der Waals surface area contributed by atoms with Crippen molar-refractivity contribution in [1.82, 2.24) is 5.32 Å². The molecule has 0 heterocycles. The van der Waals surface area contributed by atoms with Gasteiger partial charge in [0.05, 0.1) is 5.56 Å². The Balaban J connectivity index is 1.96. The van der Waals surface area contributed by atoms with Gasteiger partial charge in [-0.25, -0.2) is 0 Å². The third-order valence-electron chi connectivity index (χ3n) is 4.13. The molecule has 1 saturated carbocycles. The quantitative estimate of drug-likeness (QED) is 0.774. The Morgan fingerprint density at radius 2 is 2.16 bits per heavy atom. The fraction of sp³-hybridized carbons (Fsp3) is 0.533. The van der Waals surface area contributed by atoms with Gasteiger partial charge < -0.3 is 16.2 Å². The molecule has 1 aromatic carbocycles. The van der Waals surface area contributed by atoms with E-state index in [1.165, 1.54) is 6.42 Å². The number of hydrogen-bond donors (Lipinski definition) is 3. The van der Waals surface area contributed by atoms with Gasteiger partial charge in [0.2, 0.25) is 0 Å². The number of amides is 1. The summed E-state index contributed by atoms with van der Waals surface area (Å²) in [5.41, 5.74) is 6.80. The Hall–Kier alpha value is -1.55. The van der Waals surface area contributed by atoms with Crippen molar-refractivity contribution in [3.63, 3.8) is 0 Å². The highest BCUT2D eigenvalue weighted by Crippen LogP contribution is 2.30. The molecule has 4 heteroatoms. The van der Waals surface area contributed by atoms with Crippen molar-refractivity contribution in [2.75, 3.05) is 13.1 Å². The number of carbonyl (C=O) groups excluding carboxylic acids is 1. The molecule has 4 nitrogen and oxygen atoms in total. The zero-order valence-corrected chi connectivity index (χ0v) is 11.4. The molecular formula is C15H22N2O2. The third-order valence-corrected chi connectivity index (χ3v) is 4.13. The highest BCUT2D eigenvalue weighted by molar-refractivity contribution is 5.97. The second-order valence-electron chi connectivity index (χ2n) is 5.37. The van der Waals surface area contributed by atoms with Gasteiger partial charge in [0.15, 0.2) is 0 Å². The molecule has 1 amide bonds. The van der Waals surface area contributed by atoms with Crippen LogP contribution in [0.5, 0.6) is 5.75 Å². The van der Waals surface area contributed by atoms with Gasteiger partial charge in [-0.05, 0) is 49.8 Å². The first-order chi connectivity index (χ1) is 9.13. The minimum Gasteiger partial charge on any atom is -0.507 e. The van der Waals surface area contributed by atoms with Crippen LogP contribution in [0.25, 0.3) is 0 Å². The first kappa shape index (κ1) is 13.9. The van der Waals surface area contributed by atoms with E-state index in [0.717, 1.165) is 12.8 Å². The van der Waals surface area contributed by atoms with Crippen molar-refractivity contribution in [2.45, 2.75) is 26.2 Å². The predicted molar refractivity (Wildman–Crippen MR) is 75.1 cm³/mol. The molecule has 0 saturated heterocycles. The highest BCUT2D eigenvalue weighted by atomic mass is 16.3. The standard InChI is InChI=1S/C15H22N2O2/c1-10-4-2-7-13(14(10)18)15(19)17-9-12-6-3-5-11(12)8-16/h2,4,7,11-12,18H,3,5-6,8-9,16H2,1H3,(H,17,19). The van der Waals surface area contributed by atoms with E-state index in [1.807, 2.05) is 0 Å². The summed E-state index contributed by atoms with van der Waals surface area (Å²) < 4.78 is 0. The average molecular weight is 262 g/mol. The van der Waals surface area contributed by atoms with Gasteiger partial charge in [-0.15, -0.1) is 0 Å². The minimum atomic E-state index is -0.205. The van der Waals surface area contributed by atoms with Gasteiger partial charge in [-0.2, -0.15) is 0 Å². The maximum atomic E-state index is 12.1. The Morgan fingerprint density at radius 3 is 2.89 bits per heavy atom. The largest absolute Gasteiger partial charge is 0.507 e. The van der Waals surface area contributed by atoms with E-state index in [9.17, 15) is 9.90 Å². The summed E-state index contributed by atoms with van der Waals surface area (Å²) in [6.45, 7) is 3.12. The van der Waals surface area contributed by atoms with E-state index in [2.05, 4.69) is 5.32 Å². The molecule has 104 valence electrons. The molecule has 1 fully saturated rings. The Morgan fingerprint density at radius 1 is 1.42 bits per heavy atom. The fourth-order valence-electron chi connectivity index (χ4n) is 2.85. The summed E-state index contributed by atoms with van der Waals surface area (Å²) in [4.78, 5) is 12.1. The first-order valence-corrected chi connectivity index (χ1v) is 6.90. The lowest BCUT2D eigenvalue weighted by Gasteiger charge is -2.18. The molecule has 0 spiro atoms. The van der Waals surface area contributed by atoms with Crippen molar-refractivity contribution in [3.8, 4) is 5.75 Å². The van der Waals surface area contributed by atoms with Crippen molar-refractivity contribution in [2.24, 2.45) is 17.6 Å². The monoisotopic (exact) mass is 262 g/mol. The van der Waals surface area contributed by atoms with Crippen LogP contribution >= 0.6 is 0 Å². The summed E-state index contributed by atoms with van der Waals surface area (Å²) >= 11 is 0. The number of phenolic OH excluding ortho intramolecular Hbond substituents is 1. The van der Waals surface area contributed by atoms with Gasteiger partial charge >= 0.3 is 0 Å². The summed E-state index contributed by atoms with van der Waals surface area (Å²) in [6, 6.07) is 5.21. The van der Waals surface area contributed by atoms with Crippen LogP contribution in [0, 0.1) is 18.8 Å². The van der Waals surface area contributed by atoms with E-state index >= 15 is 0 Å². The van der Waals surface area contributed by atoms with Crippen LogP contribution in [0.1, 0.15) is 35.2 Å². The number of benzene rings is 1. The molecule has 1 aliphatic rings. The molecule has 1 aromatic rings. The molecule has 4 N–H and O–H groups in total. The van der Waals surface area contributed by atoms with Crippen LogP contribution in [-0.4, -0.2) is 24.1 Å². The smallest absolute Gasteiger partial charge is 0.255 e. The van der Waals surface area contributed by atoms with E-state index in [4.69, 9.17) is 5.73 Å². The van der Waals surface area contributed by atoms with Crippen LogP contribution in [0.4, 0.5) is 0 Å². The van der Waals surface area contributed by atoms with Crippen LogP contribution in [-0.2, 0) is 0 Å². The number of carbonyl (C=O) groups is 1. The number of phenols is 1. The zero-order chi connectivity index (χ0) is 13.8. The molecule has 0 bridgehead atoms. The lowest BCUT2D eigenvalue weighted by molar-refractivity contribution is 0.0941. The number of nitrogens with one attached hydrogen (secondary N) is 1. The van der Waals surface area contributed by atoms with Crippen molar-refractivity contribution in [3.05, 3.63) is 29.3 Å². The topological polar surface area (TPSA) is 75.4 Å². The van der Waals surface area contributed by atoms with Crippen molar-refractivity contribution >= 4 is 5.91 Å². The van der Waals surface area contributed by atoms with Crippen molar-refractivity contribution < 1.29 is 9.90 Å². The van der Waals surface area contributed by atoms with Crippen LogP contribution < -0.4 is 11.1 Å². The minimum absolute atomic E-state index is 0.0711. The third kappa shape index (κ3) is 3.07. The molecule has 19 heavy (non-hydrogen) atoms. The molecule has 0 aliphatic heterocycles. The van der Waals surface area contributed by atoms with E-state index in [-0.39, 0.29) is 11.7 Å². The van der Waals surface area contributed by atoms with Gasteiger partial charge in [-0.3, -0.25) is 4.79 Å². The van der Waals surface area contributed by atoms with Crippen LogP contribution in [0.3, 0.4) is 0 Å². The SMILES string of the molecule is Cc1cccc(C(=O)NCC2CCCC2CN)c1O. The molecule has 2 rings (SSSR count). The van der Waals surface area contributed by atoms with Crippen molar-refractivity contribution in [1.29, 1.82) is 0 Å². The fourth-order valence-corrected chi connectivity index (χ4v) is 2.85. The number of para-hydroxylation sites is 1. The summed E-state index contributed by atoms with van der Waals surface area (Å²) in [7, 11) is 0. The Kier molecular flexibility index (Phi) is 4.43. The second kappa shape index (κ2) is 6.06. The maximum Gasteiger partial charge on any atom is 0.255 e. The second-order valence-corrected chi connectivity index (χ2v) is 5.37. The zero-order valence-electron chi connectivity index (χ0n) is 11.4. The van der Waals surface area contributed by atoms with Gasteiger partial charge in [0.25, 0.3) is 5.91 Å². The normalized spacial score (nSPS) is 22.4. The average Bonchev–Trinajstić information content (AvgIpc) is 2.86.